The van der Waals surface area contributed by atoms with Crippen molar-refractivity contribution in [1.29, 1.82) is 0 Å². The Bertz CT molecular complexity index is 1220. The molecule has 2 aliphatic heterocycles. The highest BCUT2D eigenvalue weighted by molar-refractivity contribution is 5.81. The molecule has 0 N–H and O–H groups in total. The lowest BCUT2D eigenvalue weighted by Crippen LogP contribution is -2.36. The fourth-order valence-corrected chi connectivity index (χ4v) is 2.92. The van der Waals surface area contributed by atoms with Crippen LogP contribution in [0.25, 0.3) is 28.2 Å². The van der Waals surface area contributed by atoms with E-state index in [4.69, 9.17) is 0 Å². The summed E-state index contributed by atoms with van der Waals surface area (Å²) in [4.78, 5) is 33.2. The van der Waals surface area contributed by atoms with Crippen LogP contribution in [0.3, 0.4) is 0 Å². The molecule has 2 aliphatic rings. The van der Waals surface area contributed by atoms with Gasteiger partial charge in [-0.05, 0) is 49.2 Å². The van der Waals surface area contributed by atoms with Crippen molar-refractivity contribution < 1.29 is 0 Å². The molecule has 0 bridgehead atoms. The Kier molecular flexibility index (Phi) is 3.28. The summed E-state index contributed by atoms with van der Waals surface area (Å²) < 4.78 is 2.81. The van der Waals surface area contributed by atoms with Crippen molar-refractivity contribution in [3.63, 3.8) is 0 Å². The van der Waals surface area contributed by atoms with Gasteiger partial charge in [0.15, 0.2) is 11.5 Å². The Labute approximate surface area is 143 Å². The molecule has 0 aliphatic carbocycles. The first-order chi connectivity index (χ1) is 12.0. The van der Waals surface area contributed by atoms with Crippen molar-refractivity contribution >= 4 is 11.0 Å². The molecule has 6 heteroatoms. The summed E-state index contributed by atoms with van der Waals surface area (Å²) in [6, 6.07) is 13.5. The molecule has 2 heterocycles. The maximum Gasteiger partial charge on any atom is 0.352 e. The van der Waals surface area contributed by atoms with E-state index in [0.717, 1.165) is 21.3 Å². The molecule has 0 amide bonds. The van der Waals surface area contributed by atoms with Crippen LogP contribution in [0.15, 0.2) is 52.1 Å². The molecular formula is C19H16N4O2. The van der Waals surface area contributed by atoms with E-state index in [9.17, 15) is 9.59 Å². The van der Waals surface area contributed by atoms with E-state index < -0.39 is 11.2 Å². The predicted molar refractivity (Wildman–Crippen MR) is 96.5 cm³/mol. The number of aromatic nitrogens is 4. The number of hydrogen-bond acceptors (Lipinski definition) is 4. The molecular weight excluding hydrogens is 316 g/mol. The van der Waals surface area contributed by atoms with Crippen molar-refractivity contribution in [2.75, 3.05) is 0 Å². The Morgan fingerprint density at radius 2 is 1.68 bits per heavy atom. The second kappa shape index (κ2) is 5.37. The average molecular weight is 332 g/mol. The maximum atomic E-state index is 12.5. The number of fused-ring (bicyclic) bond motifs is 2. The lowest BCUT2D eigenvalue weighted by atomic mass is 10.1. The fourth-order valence-electron chi connectivity index (χ4n) is 2.92. The lowest BCUT2D eigenvalue weighted by molar-refractivity contribution is 0.759. The van der Waals surface area contributed by atoms with Crippen LogP contribution in [0.5, 0.6) is 0 Å². The molecule has 0 atom stereocenters. The van der Waals surface area contributed by atoms with Crippen molar-refractivity contribution in [1.82, 2.24) is 19.1 Å². The molecule has 0 unspecified atom stereocenters. The van der Waals surface area contributed by atoms with Gasteiger partial charge in [-0.25, -0.2) is 9.78 Å². The third-order valence-electron chi connectivity index (χ3n) is 4.52. The Hall–Kier alpha value is -3.28. The van der Waals surface area contributed by atoms with Gasteiger partial charge in [-0.15, -0.1) is 0 Å². The Balaban J connectivity index is 2.25. The fraction of sp³-hybridized carbons (Fsp3) is 0.158. The molecule has 0 aromatic heterocycles. The van der Waals surface area contributed by atoms with E-state index in [1.54, 1.807) is 0 Å². The van der Waals surface area contributed by atoms with E-state index in [1.807, 2.05) is 60.9 Å². The van der Waals surface area contributed by atoms with Crippen molar-refractivity contribution in [3.05, 3.63) is 74.4 Å². The molecule has 0 fully saturated rings. The normalized spacial score (nSPS) is 11.3. The highest BCUT2D eigenvalue weighted by atomic mass is 16.2. The summed E-state index contributed by atoms with van der Waals surface area (Å²) in [7, 11) is 1.41. The lowest BCUT2D eigenvalue weighted by Gasteiger charge is -2.18. The monoisotopic (exact) mass is 332 g/mol. The molecule has 0 saturated carbocycles. The van der Waals surface area contributed by atoms with Crippen molar-refractivity contribution in [2.24, 2.45) is 7.05 Å². The van der Waals surface area contributed by atoms with Crippen molar-refractivity contribution in [2.45, 2.75) is 13.8 Å². The molecule has 0 radical (unpaired) electrons. The second-order valence-electron chi connectivity index (χ2n) is 6.14. The zero-order valence-electron chi connectivity index (χ0n) is 14.1. The third kappa shape index (κ3) is 2.26. The summed E-state index contributed by atoms with van der Waals surface area (Å²) in [5.74, 6) is 0.273. The van der Waals surface area contributed by atoms with Crippen LogP contribution in [-0.4, -0.2) is 19.1 Å². The SMILES string of the molecule is Cc1ccc(-n2c3nc(=O)n(C)c(=O)c-3nc3ccccc32)cc1C. The summed E-state index contributed by atoms with van der Waals surface area (Å²) >= 11 is 0. The topological polar surface area (TPSA) is 69.8 Å². The maximum absolute atomic E-state index is 12.5. The van der Waals surface area contributed by atoms with Gasteiger partial charge in [0.05, 0.1) is 11.0 Å². The first kappa shape index (κ1) is 15.3. The minimum absolute atomic E-state index is 0.180. The van der Waals surface area contributed by atoms with Gasteiger partial charge in [0.25, 0.3) is 5.56 Å². The number of rotatable bonds is 1. The molecule has 25 heavy (non-hydrogen) atoms. The van der Waals surface area contributed by atoms with Gasteiger partial charge in [-0.2, -0.15) is 4.98 Å². The first-order valence-corrected chi connectivity index (χ1v) is 7.93. The molecule has 2 aromatic carbocycles. The Morgan fingerprint density at radius 1 is 0.920 bits per heavy atom. The average Bonchev–Trinajstić information content (AvgIpc) is 2.61. The minimum Gasteiger partial charge on any atom is -0.291 e. The largest absolute Gasteiger partial charge is 0.352 e. The van der Waals surface area contributed by atoms with Crippen LogP contribution in [0.1, 0.15) is 11.1 Å². The summed E-state index contributed by atoms with van der Waals surface area (Å²) in [5.41, 5.74) is 3.73. The van der Waals surface area contributed by atoms with Gasteiger partial charge >= 0.3 is 5.69 Å². The second-order valence-corrected chi connectivity index (χ2v) is 6.14. The van der Waals surface area contributed by atoms with Gasteiger partial charge in [0.1, 0.15) is 0 Å². The molecule has 4 rings (SSSR count). The number of benzene rings is 2. The smallest absolute Gasteiger partial charge is 0.291 e. The van der Waals surface area contributed by atoms with E-state index in [-0.39, 0.29) is 11.5 Å². The van der Waals surface area contributed by atoms with Crippen LogP contribution in [0, 0.1) is 13.8 Å². The minimum atomic E-state index is -0.591. The van der Waals surface area contributed by atoms with Crippen LogP contribution in [0.4, 0.5) is 0 Å². The van der Waals surface area contributed by atoms with Gasteiger partial charge in [-0.1, -0.05) is 18.2 Å². The van der Waals surface area contributed by atoms with Gasteiger partial charge in [0.2, 0.25) is 0 Å². The summed E-state index contributed by atoms with van der Waals surface area (Å²) in [6.07, 6.45) is 0. The van der Waals surface area contributed by atoms with Crippen LogP contribution in [-0.2, 0) is 7.05 Å². The molecule has 0 saturated heterocycles. The third-order valence-corrected chi connectivity index (χ3v) is 4.52. The number of aryl methyl sites for hydroxylation is 2. The van der Waals surface area contributed by atoms with Crippen LogP contribution in [0.2, 0.25) is 0 Å². The van der Waals surface area contributed by atoms with Crippen molar-refractivity contribution in [3.8, 4) is 17.2 Å². The number of hydrogen-bond donors (Lipinski definition) is 0. The van der Waals surface area contributed by atoms with Crippen LogP contribution < -0.4 is 11.2 Å². The van der Waals surface area contributed by atoms with Gasteiger partial charge < -0.3 is 0 Å². The first-order valence-electron chi connectivity index (χ1n) is 7.93. The van der Waals surface area contributed by atoms with Gasteiger partial charge in [-0.3, -0.25) is 13.9 Å². The van der Waals surface area contributed by atoms with E-state index in [2.05, 4.69) is 9.97 Å². The van der Waals surface area contributed by atoms with Crippen LogP contribution >= 0.6 is 0 Å². The Morgan fingerprint density at radius 3 is 2.44 bits per heavy atom. The van der Waals surface area contributed by atoms with E-state index in [1.165, 1.54) is 12.6 Å². The van der Waals surface area contributed by atoms with E-state index in [0.29, 0.717) is 5.52 Å². The number of nitrogens with zero attached hydrogens (tertiary/aromatic N) is 4. The highest BCUT2D eigenvalue weighted by Crippen LogP contribution is 2.26. The highest BCUT2D eigenvalue weighted by Gasteiger charge is 2.21. The zero-order chi connectivity index (χ0) is 17.7. The number of para-hydroxylation sites is 2. The van der Waals surface area contributed by atoms with Gasteiger partial charge in [0, 0.05) is 12.7 Å². The molecule has 2 aromatic rings. The zero-order valence-corrected chi connectivity index (χ0v) is 14.1. The molecule has 124 valence electrons. The standard InChI is InChI=1S/C19H16N4O2/c1-11-8-9-13(10-12(11)2)23-15-7-5-4-6-14(15)20-16-17(23)21-19(25)22(3)18(16)24/h4-10H,1-3H3. The quantitative estimate of drug-likeness (QED) is 0.501. The van der Waals surface area contributed by atoms with E-state index >= 15 is 0 Å². The molecule has 0 spiro atoms. The summed E-state index contributed by atoms with van der Waals surface area (Å²) in [5, 5.41) is 0. The summed E-state index contributed by atoms with van der Waals surface area (Å²) in [6.45, 7) is 4.06. The molecule has 6 nitrogen and oxygen atoms in total. The predicted octanol–water partition coefficient (Wildman–Crippen LogP) is 2.20.